The van der Waals surface area contributed by atoms with Gasteiger partial charge in [-0.1, -0.05) is 30.3 Å². The number of rotatable bonds is 6. The third-order valence-corrected chi connectivity index (χ3v) is 5.75. The van der Waals surface area contributed by atoms with Gasteiger partial charge in [0.1, 0.15) is 17.3 Å². The first-order valence-corrected chi connectivity index (χ1v) is 10.2. The zero-order chi connectivity index (χ0) is 22.0. The number of likely N-dealkylation sites (tertiary alicyclic amines) is 1. The average Bonchev–Trinajstić information content (AvgIpc) is 3.41. The lowest BCUT2D eigenvalue weighted by Gasteiger charge is -2.28. The summed E-state index contributed by atoms with van der Waals surface area (Å²) in [5.74, 6) is -0.544. The molecular weight excluding hydrogens is 398 g/mol. The van der Waals surface area contributed by atoms with Crippen molar-refractivity contribution in [3.63, 3.8) is 0 Å². The van der Waals surface area contributed by atoms with Crippen LogP contribution in [0.15, 0.2) is 54.1 Å². The van der Waals surface area contributed by atoms with Crippen molar-refractivity contribution in [1.82, 2.24) is 4.90 Å². The third kappa shape index (κ3) is 3.88. The maximum atomic E-state index is 13.1. The van der Waals surface area contributed by atoms with E-state index < -0.39 is 17.7 Å². The van der Waals surface area contributed by atoms with Gasteiger partial charge in [-0.2, -0.15) is 0 Å². The van der Waals surface area contributed by atoms with Crippen molar-refractivity contribution in [2.75, 3.05) is 27.4 Å². The monoisotopic (exact) mass is 423 g/mol. The predicted molar refractivity (Wildman–Crippen MR) is 114 cm³/mol. The summed E-state index contributed by atoms with van der Waals surface area (Å²) in [4.78, 5) is 27.6. The minimum atomic E-state index is -0.801. The van der Waals surface area contributed by atoms with Crippen molar-refractivity contribution < 1.29 is 28.9 Å². The minimum Gasteiger partial charge on any atom is -0.507 e. The van der Waals surface area contributed by atoms with Gasteiger partial charge >= 0.3 is 0 Å². The van der Waals surface area contributed by atoms with E-state index >= 15 is 0 Å². The molecule has 31 heavy (non-hydrogen) atoms. The van der Waals surface area contributed by atoms with Gasteiger partial charge in [0.15, 0.2) is 0 Å². The van der Waals surface area contributed by atoms with Gasteiger partial charge in [-0.3, -0.25) is 9.59 Å². The number of nitrogens with zero attached hydrogens (tertiary/aromatic N) is 1. The first kappa shape index (κ1) is 20.9. The molecule has 4 rings (SSSR count). The van der Waals surface area contributed by atoms with Crippen molar-refractivity contribution >= 4 is 17.4 Å². The Hall–Kier alpha value is -3.32. The van der Waals surface area contributed by atoms with Gasteiger partial charge in [-0.15, -0.1) is 0 Å². The number of methoxy groups -OCH3 is 2. The fraction of sp³-hybridized carbons (Fsp3) is 0.333. The molecule has 162 valence electrons. The Morgan fingerprint density at radius 1 is 1.13 bits per heavy atom. The van der Waals surface area contributed by atoms with Crippen molar-refractivity contribution in [3.05, 3.63) is 65.2 Å². The fourth-order valence-corrected chi connectivity index (χ4v) is 4.20. The lowest BCUT2D eigenvalue weighted by molar-refractivity contribution is -0.140. The van der Waals surface area contributed by atoms with Crippen LogP contribution in [0.3, 0.4) is 0 Å². The minimum absolute atomic E-state index is 0.0395. The first-order valence-electron chi connectivity index (χ1n) is 10.2. The molecule has 0 spiro atoms. The molecule has 7 nitrogen and oxygen atoms in total. The predicted octanol–water partition coefficient (Wildman–Crippen LogP) is 3.30. The highest BCUT2D eigenvalue weighted by atomic mass is 16.5. The smallest absolute Gasteiger partial charge is 0.295 e. The number of ketones is 1. The van der Waals surface area contributed by atoms with Crippen molar-refractivity contribution in [3.8, 4) is 11.5 Å². The second-order valence-electron chi connectivity index (χ2n) is 7.56. The van der Waals surface area contributed by atoms with Gasteiger partial charge in [0.05, 0.1) is 31.9 Å². The molecule has 0 radical (unpaired) electrons. The van der Waals surface area contributed by atoms with E-state index in [9.17, 15) is 14.7 Å². The van der Waals surface area contributed by atoms with Crippen LogP contribution >= 0.6 is 0 Å². The summed E-state index contributed by atoms with van der Waals surface area (Å²) in [6, 6.07) is 13.1. The molecule has 2 aliphatic heterocycles. The zero-order valence-corrected chi connectivity index (χ0v) is 17.5. The molecule has 2 fully saturated rings. The summed E-state index contributed by atoms with van der Waals surface area (Å²) in [6.07, 6.45) is 1.57. The van der Waals surface area contributed by atoms with Crippen LogP contribution in [0.4, 0.5) is 0 Å². The molecule has 7 heteroatoms. The Bertz CT molecular complexity index is 1010. The Balaban J connectivity index is 1.87. The normalized spacial score (nSPS) is 22.7. The van der Waals surface area contributed by atoms with E-state index in [4.69, 9.17) is 14.2 Å². The van der Waals surface area contributed by atoms with E-state index in [1.54, 1.807) is 49.6 Å². The number of carbonyl (C=O) groups excluding carboxylic acids is 2. The third-order valence-electron chi connectivity index (χ3n) is 5.75. The van der Waals surface area contributed by atoms with Crippen LogP contribution in [0, 0.1) is 0 Å². The van der Waals surface area contributed by atoms with Gasteiger partial charge in [0.2, 0.25) is 0 Å². The average molecular weight is 423 g/mol. The molecule has 2 unspecified atom stereocenters. The molecule has 1 amide bonds. The molecular formula is C24H25NO6. The second kappa shape index (κ2) is 8.81. The van der Waals surface area contributed by atoms with Crippen LogP contribution in [-0.2, 0) is 14.3 Å². The molecule has 2 aromatic carbocycles. The maximum absolute atomic E-state index is 13.1. The van der Waals surface area contributed by atoms with E-state index in [1.807, 2.05) is 6.07 Å². The molecule has 2 aromatic rings. The lowest BCUT2D eigenvalue weighted by atomic mass is 9.94. The number of hydrogen-bond acceptors (Lipinski definition) is 6. The number of hydrogen-bond donors (Lipinski definition) is 1. The number of benzene rings is 2. The van der Waals surface area contributed by atoms with Crippen molar-refractivity contribution in [1.29, 1.82) is 0 Å². The van der Waals surface area contributed by atoms with Crippen LogP contribution in [0.2, 0.25) is 0 Å². The van der Waals surface area contributed by atoms with Gasteiger partial charge < -0.3 is 24.2 Å². The van der Waals surface area contributed by atoms with E-state index in [-0.39, 0.29) is 24.0 Å². The Morgan fingerprint density at radius 3 is 2.55 bits per heavy atom. The van der Waals surface area contributed by atoms with Gasteiger partial charge in [0, 0.05) is 30.3 Å². The number of Topliss-reactive ketones (excluding diaryl/α,β-unsaturated/α-hetero) is 1. The second-order valence-corrected chi connectivity index (χ2v) is 7.56. The molecule has 2 aliphatic rings. The molecule has 0 aliphatic carbocycles. The Labute approximate surface area is 180 Å². The van der Waals surface area contributed by atoms with Crippen molar-refractivity contribution in [2.24, 2.45) is 0 Å². The number of aliphatic hydroxyl groups excluding tert-OH is 1. The number of carbonyl (C=O) groups is 2. The van der Waals surface area contributed by atoms with Crippen molar-refractivity contribution in [2.45, 2.75) is 25.0 Å². The number of amides is 1. The summed E-state index contributed by atoms with van der Waals surface area (Å²) in [5, 5.41) is 11.1. The SMILES string of the molecule is COc1ccc(C2/C(=C(/O)c3ccccc3)C(=O)C(=O)N2CC2CCCO2)c(OC)c1. The maximum Gasteiger partial charge on any atom is 0.295 e. The zero-order valence-electron chi connectivity index (χ0n) is 17.5. The van der Waals surface area contributed by atoms with Crippen LogP contribution in [0.25, 0.3) is 5.76 Å². The quantitative estimate of drug-likeness (QED) is 0.436. The summed E-state index contributed by atoms with van der Waals surface area (Å²) < 4.78 is 16.6. The van der Waals surface area contributed by atoms with Gasteiger partial charge in [-0.05, 0) is 25.0 Å². The molecule has 1 N–H and O–H groups in total. The lowest BCUT2D eigenvalue weighted by Crippen LogP contribution is -2.36. The van der Waals surface area contributed by atoms with E-state index in [0.29, 0.717) is 29.2 Å². The topological polar surface area (TPSA) is 85.3 Å². The van der Waals surface area contributed by atoms with Gasteiger partial charge in [-0.25, -0.2) is 0 Å². The molecule has 0 saturated carbocycles. The van der Waals surface area contributed by atoms with Crippen LogP contribution in [0.5, 0.6) is 11.5 Å². The number of aliphatic hydroxyl groups is 1. The van der Waals surface area contributed by atoms with E-state index in [2.05, 4.69) is 0 Å². The van der Waals surface area contributed by atoms with E-state index in [1.165, 1.54) is 12.0 Å². The fourth-order valence-electron chi connectivity index (χ4n) is 4.20. The van der Waals surface area contributed by atoms with Crippen LogP contribution < -0.4 is 9.47 Å². The first-order chi connectivity index (χ1) is 15.0. The molecule has 2 heterocycles. The highest BCUT2D eigenvalue weighted by Crippen LogP contribution is 2.44. The summed E-state index contributed by atoms with van der Waals surface area (Å²) in [7, 11) is 3.06. The molecule has 0 bridgehead atoms. The largest absolute Gasteiger partial charge is 0.507 e. The highest BCUT2D eigenvalue weighted by molar-refractivity contribution is 6.46. The van der Waals surface area contributed by atoms with E-state index in [0.717, 1.165) is 12.8 Å². The Morgan fingerprint density at radius 2 is 1.90 bits per heavy atom. The molecule has 0 aromatic heterocycles. The summed E-state index contributed by atoms with van der Waals surface area (Å²) in [6.45, 7) is 0.894. The highest BCUT2D eigenvalue weighted by Gasteiger charge is 2.48. The van der Waals surface area contributed by atoms with Crippen LogP contribution in [0.1, 0.15) is 30.0 Å². The molecule has 2 saturated heterocycles. The van der Waals surface area contributed by atoms with Gasteiger partial charge in [0.25, 0.3) is 11.7 Å². The standard InChI is InChI=1S/C24H25NO6/c1-29-16-10-11-18(19(13-16)30-2)21-20(22(26)15-7-4-3-5-8-15)23(27)24(28)25(21)14-17-9-6-12-31-17/h3-5,7-8,10-11,13,17,21,26H,6,9,12,14H2,1-2H3/b22-20-. The Kier molecular flexibility index (Phi) is 5.95. The summed E-state index contributed by atoms with van der Waals surface area (Å²) in [5.41, 5.74) is 1.10. The van der Waals surface area contributed by atoms with Crippen LogP contribution in [-0.4, -0.2) is 55.2 Å². The molecule has 2 atom stereocenters. The summed E-state index contributed by atoms with van der Waals surface area (Å²) >= 11 is 0. The number of ether oxygens (including phenoxy) is 3.